The smallest absolute Gasteiger partial charge is 0.416 e. The van der Waals surface area contributed by atoms with Crippen molar-refractivity contribution in [2.45, 2.75) is 56.8 Å². The van der Waals surface area contributed by atoms with E-state index in [-0.39, 0.29) is 11.5 Å². The van der Waals surface area contributed by atoms with Gasteiger partial charge in [0.25, 0.3) is 0 Å². The van der Waals surface area contributed by atoms with Gasteiger partial charge in [0, 0.05) is 45.6 Å². The van der Waals surface area contributed by atoms with Crippen LogP contribution in [0.4, 0.5) is 18.9 Å². The van der Waals surface area contributed by atoms with Crippen molar-refractivity contribution in [3.8, 4) is 0 Å². The summed E-state index contributed by atoms with van der Waals surface area (Å²) in [6, 6.07) is 10.7. The Morgan fingerprint density at radius 2 is 1.80 bits per heavy atom. The number of carboxylic acid groups (broad SMARTS) is 1. The van der Waals surface area contributed by atoms with Gasteiger partial charge in [0.1, 0.15) is 5.60 Å². The fourth-order valence-electron chi connectivity index (χ4n) is 4.47. The first-order chi connectivity index (χ1) is 16.5. The second-order valence-electron chi connectivity index (χ2n) is 9.24. The van der Waals surface area contributed by atoms with Crippen LogP contribution in [0.1, 0.15) is 65.6 Å². The van der Waals surface area contributed by atoms with Crippen molar-refractivity contribution in [3.05, 3.63) is 64.7 Å². The third kappa shape index (κ3) is 6.28. The molecule has 0 atom stereocenters. The molecule has 2 aromatic carbocycles. The Morgan fingerprint density at radius 1 is 1.14 bits per heavy atom. The summed E-state index contributed by atoms with van der Waals surface area (Å²) >= 11 is 0. The molecule has 0 aromatic heterocycles. The molecule has 186 valence electrons. The predicted octanol–water partition coefficient (Wildman–Crippen LogP) is 5.58. The lowest BCUT2D eigenvalue weighted by molar-refractivity contribution is -0.153. The third-order valence-corrected chi connectivity index (χ3v) is 6.46. The molecule has 0 amide bonds. The number of hydrogen-bond donors (Lipinski definition) is 1. The number of alkyl halides is 3. The molecule has 9 heteroatoms. The molecule has 1 aliphatic carbocycles. The Hall–Kier alpha value is -3.20. The number of hydrogen-bond acceptors (Lipinski definition) is 5. The summed E-state index contributed by atoms with van der Waals surface area (Å²) in [4.78, 5) is 29.2. The molecule has 0 spiro atoms. The number of likely N-dealkylation sites (tertiary alicyclic amines) is 1. The zero-order valence-corrected chi connectivity index (χ0v) is 19.3. The van der Waals surface area contributed by atoms with Crippen molar-refractivity contribution in [2.75, 3.05) is 13.1 Å². The summed E-state index contributed by atoms with van der Waals surface area (Å²) < 4.78 is 46.4. The molecule has 0 radical (unpaired) electrons. The van der Waals surface area contributed by atoms with Crippen molar-refractivity contribution in [2.24, 2.45) is 4.99 Å². The fourth-order valence-corrected chi connectivity index (χ4v) is 4.47. The Labute approximate surface area is 201 Å². The second-order valence-corrected chi connectivity index (χ2v) is 9.24. The van der Waals surface area contributed by atoms with Crippen LogP contribution in [0.25, 0.3) is 0 Å². The van der Waals surface area contributed by atoms with Gasteiger partial charge in [-0.3, -0.25) is 14.7 Å². The molecule has 1 N–H and O–H groups in total. The number of piperidine rings is 1. The Morgan fingerprint density at radius 3 is 2.34 bits per heavy atom. The summed E-state index contributed by atoms with van der Waals surface area (Å²) in [7, 11) is 0. The third-order valence-electron chi connectivity index (χ3n) is 6.46. The number of carbonyl (C=O) groups is 2. The van der Waals surface area contributed by atoms with Crippen LogP contribution >= 0.6 is 0 Å². The SMILES string of the molecule is CC(=O)OC1(/C=N/c2ccc(C(=O)O)cc2)CCN(Cc2ccc(C3CC3)c(C(F)(F)F)c2)CC1. The van der Waals surface area contributed by atoms with Crippen LogP contribution < -0.4 is 0 Å². The molecule has 0 unspecified atom stereocenters. The Kier molecular flexibility index (Phi) is 6.98. The number of rotatable bonds is 7. The summed E-state index contributed by atoms with van der Waals surface area (Å²) in [5.41, 5.74) is 0.200. The predicted molar refractivity (Wildman–Crippen MR) is 124 cm³/mol. The maximum atomic E-state index is 13.6. The van der Waals surface area contributed by atoms with E-state index in [1.54, 1.807) is 30.5 Å². The zero-order chi connectivity index (χ0) is 25.2. The number of aromatic carboxylic acids is 1. The number of aliphatic imine (C=N–C) groups is 1. The van der Waals surface area contributed by atoms with E-state index in [2.05, 4.69) is 4.99 Å². The lowest BCUT2D eigenvalue weighted by Crippen LogP contribution is -2.47. The van der Waals surface area contributed by atoms with Crippen molar-refractivity contribution in [1.29, 1.82) is 0 Å². The van der Waals surface area contributed by atoms with Crippen LogP contribution in [0.3, 0.4) is 0 Å². The van der Waals surface area contributed by atoms with Gasteiger partial charge in [-0.15, -0.1) is 0 Å². The highest BCUT2D eigenvalue weighted by atomic mass is 19.4. The number of ether oxygens (including phenoxy) is 1. The first kappa shape index (κ1) is 24.9. The van der Waals surface area contributed by atoms with Crippen molar-refractivity contribution in [3.63, 3.8) is 0 Å². The molecule has 2 aromatic rings. The Balaban J connectivity index is 1.44. The molecule has 1 saturated heterocycles. The molecule has 1 heterocycles. The molecular weight excluding hydrogens is 461 g/mol. The summed E-state index contributed by atoms with van der Waals surface area (Å²) in [6.45, 7) is 2.73. The first-order valence-corrected chi connectivity index (χ1v) is 11.6. The number of carboxylic acids is 1. The van der Waals surface area contributed by atoms with Gasteiger partial charge in [-0.25, -0.2) is 4.79 Å². The minimum atomic E-state index is -4.38. The maximum absolute atomic E-state index is 13.6. The molecule has 0 bridgehead atoms. The van der Waals surface area contributed by atoms with E-state index in [1.165, 1.54) is 25.1 Å². The summed E-state index contributed by atoms with van der Waals surface area (Å²) in [5.74, 6) is -1.47. The number of benzene rings is 2. The highest BCUT2D eigenvalue weighted by molar-refractivity contribution is 5.88. The topological polar surface area (TPSA) is 79.2 Å². The largest absolute Gasteiger partial charge is 0.478 e. The highest BCUT2D eigenvalue weighted by Crippen LogP contribution is 2.46. The second kappa shape index (κ2) is 9.81. The van der Waals surface area contributed by atoms with E-state index >= 15 is 0 Å². The molecule has 2 fully saturated rings. The summed E-state index contributed by atoms with van der Waals surface area (Å²) in [6.07, 6.45) is -0.311. The van der Waals surface area contributed by atoms with Crippen LogP contribution in [0.2, 0.25) is 0 Å². The molecule has 1 aliphatic heterocycles. The normalized spacial score (nSPS) is 18.5. The molecule has 6 nitrogen and oxygen atoms in total. The molecule has 4 rings (SSSR count). The average Bonchev–Trinajstić information content (AvgIpc) is 3.64. The van der Waals surface area contributed by atoms with Crippen LogP contribution in [-0.4, -0.2) is 46.9 Å². The van der Waals surface area contributed by atoms with Gasteiger partial charge in [0.05, 0.1) is 16.8 Å². The lowest BCUT2D eigenvalue weighted by atomic mass is 9.91. The van der Waals surface area contributed by atoms with Crippen molar-refractivity contribution >= 4 is 23.8 Å². The van der Waals surface area contributed by atoms with E-state index in [0.717, 1.165) is 12.8 Å². The zero-order valence-electron chi connectivity index (χ0n) is 19.3. The van der Waals surface area contributed by atoms with Crippen LogP contribution in [0.5, 0.6) is 0 Å². The standard InChI is InChI=1S/C26H27F3N2O4/c1-17(32)35-25(16-30-21-7-5-20(6-8-21)24(33)34)10-12-31(13-11-25)15-18-2-9-22(19-3-4-19)23(14-18)26(27,28)29/h2,5-9,14,16,19H,3-4,10-13,15H2,1H3,(H,33,34)/b30-16+. The Bertz CT molecular complexity index is 1120. The van der Waals surface area contributed by atoms with Gasteiger partial charge < -0.3 is 9.84 Å². The van der Waals surface area contributed by atoms with Crippen molar-refractivity contribution in [1.82, 2.24) is 4.90 Å². The van der Waals surface area contributed by atoms with E-state index in [4.69, 9.17) is 9.84 Å². The van der Waals surface area contributed by atoms with Gasteiger partial charge >= 0.3 is 18.1 Å². The number of nitrogens with zero attached hydrogens (tertiary/aromatic N) is 2. The minimum Gasteiger partial charge on any atom is -0.478 e. The number of carbonyl (C=O) groups excluding carboxylic acids is 1. The molecule has 35 heavy (non-hydrogen) atoms. The van der Waals surface area contributed by atoms with Gasteiger partial charge in [-0.1, -0.05) is 12.1 Å². The monoisotopic (exact) mass is 488 g/mol. The highest BCUT2D eigenvalue weighted by Gasteiger charge is 2.39. The van der Waals surface area contributed by atoms with Crippen LogP contribution in [0, 0.1) is 0 Å². The van der Waals surface area contributed by atoms with Gasteiger partial charge in [-0.2, -0.15) is 13.2 Å². The van der Waals surface area contributed by atoms with E-state index in [1.807, 2.05) is 4.90 Å². The van der Waals surface area contributed by atoms with Gasteiger partial charge in [-0.05, 0) is 60.2 Å². The first-order valence-electron chi connectivity index (χ1n) is 11.6. The number of halogens is 3. The van der Waals surface area contributed by atoms with Crippen LogP contribution in [-0.2, 0) is 22.3 Å². The lowest BCUT2D eigenvalue weighted by Gasteiger charge is -2.38. The van der Waals surface area contributed by atoms with E-state index < -0.39 is 29.3 Å². The van der Waals surface area contributed by atoms with E-state index in [9.17, 15) is 22.8 Å². The minimum absolute atomic E-state index is 0.0135. The quantitative estimate of drug-likeness (QED) is 0.407. The van der Waals surface area contributed by atoms with Crippen LogP contribution in [0.15, 0.2) is 47.5 Å². The van der Waals surface area contributed by atoms with Gasteiger partial charge in [0.15, 0.2) is 0 Å². The van der Waals surface area contributed by atoms with Crippen molar-refractivity contribution < 1.29 is 32.6 Å². The molecule has 2 aliphatic rings. The fraction of sp³-hybridized carbons (Fsp3) is 0.423. The molecule has 1 saturated carbocycles. The van der Waals surface area contributed by atoms with E-state index in [0.29, 0.717) is 49.3 Å². The average molecular weight is 489 g/mol. The maximum Gasteiger partial charge on any atom is 0.416 e. The van der Waals surface area contributed by atoms with Gasteiger partial charge in [0.2, 0.25) is 0 Å². The number of esters is 1. The summed E-state index contributed by atoms with van der Waals surface area (Å²) in [5, 5.41) is 9.02. The molecular formula is C26H27F3N2O4.